The third-order valence-corrected chi connectivity index (χ3v) is 4.59. The van der Waals surface area contributed by atoms with Crippen molar-refractivity contribution >= 4 is 28.4 Å². The summed E-state index contributed by atoms with van der Waals surface area (Å²) in [5.74, 6) is -0.782. The molecule has 0 fully saturated rings. The monoisotopic (exact) mass is 397 g/mol. The van der Waals surface area contributed by atoms with Crippen LogP contribution >= 0.6 is 0 Å². The molecule has 2 amide bonds. The highest BCUT2D eigenvalue weighted by Gasteiger charge is 2.24. The Kier molecular flexibility index (Phi) is 5.48. The van der Waals surface area contributed by atoms with Crippen molar-refractivity contribution in [2.45, 2.75) is 45.8 Å². The summed E-state index contributed by atoms with van der Waals surface area (Å²) >= 11 is 0. The van der Waals surface area contributed by atoms with Crippen LogP contribution in [0.1, 0.15) is 54.8 Å². The molecule has 0 saturated carbocycles. The number of rotatable bonds is 7. The van der Waals surface area contributed by atoms with Crippen LogP contribution < -0.4 is 16.4 Å². The van der Waals surface area contributed by atoms with Gasteiger partial charge < -0.3 is 26.5 Å². The van der Waals surface area contributed by atoms with Crippen molar-refractivity contribution in [2.75, 3.05) is 11.9 Å². The fraction of sp³-hybridized carbons (Fsp3) is 0.381. The van der Waals surface area contributed by atoms with Gasteiger partial charge in [-0.05, 0) is 52.3 Å². The molecule has 0 spiro atoms. The topological polar surface area (TPSA) is 133 Å². The van der Waals surface area contributed by atoms with Gasteiger partial charge in [0.2, 0.25) is 5.91 Å². The number of amides is 2. The molecule has 0 unspecified atom stereocenters. The first kappa shape index (κ1) is 20.6. The maximum atomic E-state index is 12.8. The van der Waals surface area contributed by atoms with Gasteiger partial charge in [-0.15, -0.1) is 0 Å². The van der Waals surface area contributed by atoms with E-state index in [1.54, 1.807) is 38.2 Å². The highest BCUT2D eigenvalue weighted by molar-refractivity contribution is 6.08. The van der Waals surface area contributed by atoms with Crippen molar-refractivity contribution in [3.05, 3.63) is 35.5 Å². The van der Waals surface area contributed by atoms with Gasteiger partial charge in [-0.1, -0.05) is 0 Å². The number of anilines is 1. The smallest absolute Gasteiger partial charge is 0.254 e. The lowest BCUT2D eigenvalue weighted by Crippen LogP contribution is -2.31. The van der Waals surface area contributed by atoms with Gasteiger partial charge in [0, 0.05) is 29.7 Å². The Balaban J connectivity index is 2.05. The van der Waals surface area contributed by atoms with Crippen molar-refractivity contribution in [3.63, 3.8) is 0 Å². The summed E-state index contributed by atoms with van der Waals surface area (Å²) in [6.45, 7) is 7.70. The van der Waals surface area contributed by atoms with Crippen molar-refractivity contribution in [3.8, 4) is 11.4 Å². The summed E-state index contributed by atoms with van der Waals surface area (Å²) in [5.41, 5.74) is 7.96. The number of aliphatic hydroxyl groups is 1. The number of aromatic amines is 1. The van der Waals surface area contributed by atoms with Crippen molar-refractivity contribution in [2.24, 2.45) is 5.73 Å². The molecular weight excluding hydrogens is 370 g/mol. The Labute approximate surface area is 169 Å². The van der Waals surface area contributed by atoms with E-state index in [4.69, 9.17) is 5.73 Å². The van der Waals surface area contributed by atoms with Crippen molar-refractivity contribution < 1.29 is 14.7 Å². The molecule has 6 N–H and O–H groups in total. The van der Waals surface area contributed by atoms with E-state index in [-0.39, 0.29) is 11.9 Å². The van der Waals surface area contributed by atoms with E-state index in [9.17, 15) is 14.7 Å². The Hall–Kier alpha value is -3.13. The summed E-state index contributed by atoms with van der Waals surface area (Å²) in [6, 6.07) is 5.17. The molecule has 0 atom stereocenters. The number of nitrogens with one attached hydrogen (secondary N) is 3. The normalized spacial score (nSPS) is 11.9. The second-order valence-electron chi connectivity index (χ2n) is 8.13. The van der Waals surface area contributed by atoms with Crippen LogP contribution in [0.5, 0.6) is 0 Å². The minimum absolute atomic E-state index is 0.0736. The van der Waals surface area contributed by atoms with E-state index < -0.39 is 11.5 Å². The Bertz CT molecular complexity index is 1030. The van der Waals surface area contributed by atoms with Gasteiger partial charge in [0.05, 0.1) is 28.1 Å². The lowest BCUT2D eigenvalue weighted by atomic mass is 10.1. The van der Waals surface area contributed by atoms with E-state index in [2.05, 4.69) is 20.6 Å². The Morgan fingerprint density at radius 3 is 2.66 bits per heavy atom. The van der Waals surface area contributed by atoms with Crippen LogP contribution in [0.25, 0.3) is 22.3 Å². The minimum Gasteiger partial charge on any atom is -0.390 e. The molecule has 1 aromatic carbocycles. The molecule has 2 aliphatic rings. The molecule has 29 heavy (non-hydrogen) atoms. The number of carbonyl (C=O) groups excluding carboxylic acids is 2. The van der Waals surface area contributed by atoms with Gasteiger partial charge in [0.25, 0.3) is 5.91 Å². The summed E-state index contributed by atoms with van der Waals surface area (Å²) in [4.78, 5) is 32.1. The highest BCUT2D eigenvalue weighted by Crippen LogP contribution is 2.37. The molecule has 0 aromatic heterocycles. The lowest BCUT2D eigenvalue weighted by Gasteiger charge is -2.19. The Morgan fingerprint density at radius 2 is 2.03 bits per heavy atom. The zero-order valence-corrected chi connectivity index (χ0v) is 17.1. The predicted octanol–water partition coefficient (Wildman–Crippen LogP) is 2.48. The number of nitrogens with zero attached hydrogens (tertiary/aromatic N) is 1. The zero-order valence-electron chi connectivity index (χ0n) is 17.1. The zero-order chi connectivity index (χ0) is 21.3. The second kappa shape index (κ2) is 7.71. The largest absolute Gasteiger partial charge is 0.390 e. The van der Waals surface area contributed by atoms with Crippen LogP contribution in [0.2, 0.25) is 0 Å². The SMILES string of the molecule is CC(C)Nc1c(C(=O)NCCC(C)(C)O)c[nH]c2c3ccc(C(N)=O)cc3nc1-2. The van der Waals surface area contributed by atoms with Gasteiger partial charge in [-0.25, -0.2) is 4.98 Å². The quantitative estimate of drug-likeness (QED) is 0.418. The van der Waals surface area contributed by atoms with Gasteiger partial charge in [0.15, 0.2) is 0 Å². The summed E-state index contributed by atoms with van der Waals surface area (Å²) in [7, 11) is 0. The first-order valence-electron chi connectivity index (χ1n) is 9.58. The van der Waals surface area contributed by atoms with E-state index in [0.29, 0.717) is 41.0 Å². The van der Waals surface area contributed by atoms with Crippen LogP contribution in [0, 0.1) is 0 Å². The van der Waals surface area contributed by atoms with Crippen LogP contribution in [0.3, 0.4) is 0 Å². The number of H-pyrrole nitrogens is 1. The van der Waals surface area contributed by atoms with E-state index in [1.807, 2.05) is 13.8 Å². The molecule has 8 heteroatoms. The first-order valence-corrected chi connectivity index (χ1v) is 9.58. The van der Waals surface area contributed by atoms with E-state index in [0.717, 1.165) is 11.1 Å². The van der Waals surface area contributed by atoms with Crippen LogP contribution in [-0.2, 0) is 0 Å². The number of hydrogen-bond donors (Lipinski definition) is 5. The molecular formula is C21H27N5O3. The number of hydrogen-bond acceptors (Lipinski definition) is 5. The minimum atomic E-state index is -0.856. The van der Waals surface area contributed by atoms with Crippen molar-refractivity contribution in [1.82, 2.24) is 15.3 Å². The van der Waals surface area contributed by atoms with Gasteiger partial charge in [-0.2, -0.15) is 0 Å². The van der Waals surface area contributed by atoms with E-state index in [1.165, 1.54) is 0 Å². The summed E-state index contributed by atoms with van der Waals surface area (Å²) in [5, 5.41) is 16.8. The van der Waals surface area contributed by atoms with Gasteiger partial charge in [-0.3, -0.25) is 9.59 Å². The van der Waals surface area contributed by atoms with E-state index >= 15 is 0 Å². The molecule has 1 aromatic rings. The third kappa shape index (κ3) is 4.48. The summed E-state index contributed by atoms with van der Waals surface area (Å²) < 4.78 is 0. The predicted molar refractivity (Wildman–Crippen MR) is 113 cm³/mol. The lowest BCUT2D eigenvalue weighted by molar-refractivity contribution is 0.0693. The van der Waals surface area contributed by atoms with Gasteiger partial charge >= 0.3 is 0 Å². The number of nitrogens with two attached hydrogens (primary N) is 1. The molecule has 2 aliphatic heterocycles. The summed E-state index contributed by atoms with van der Waals surface area (Å²) in [6.07, 6.45) is 2.08. The van der Waals surface area contributed by atoms with Crippen LogP contribution in [0.4, 0.5) is 5.69 Å². The fourth-order valence-electron chi connectivity index (χ4n) is 3.15. The average Bonchev–Trinajstić information content (AvgIpc) is 2.98. The van der Waals surface area contributed by atoms with Crippen LogP contribution in [0.15, 0.2) is 24.4 Å². The van der Waals surface area contributed by atoms with Crippen LogP contribution in [-0.4, -0.2) is 45.1 Å². The van der Waals surface area contributed by atoms with Crippen molar-refractivity contribution in [1.29, 1.82) is 0 Å². The second-order valence-corrected chi connectivity index (χ2v) is 8.13. The Morgan fingerprint density at radius 1 is 1.31 bits per heavy atom. The molecule has 0 bridgehead atoms. The number of primary amides is 1. The molecule has 0 saturated heterocycles. The molecule has 154 valence electrons. The maximum absolute atomic E-state index is 12.8. The maximum Gasteiger partial charge on any atom is 0.254 e. The highest BCUT2D eigenvalue weighted by atomic mass is 16.3. The van der Waals surface area contributed by atoms with Gasteiger partial charge in [0.1, 0.15) is 5.69 Å². The molecule has 8 nitrogen and oxygen atoms in total. The number of benzene rings is 1. The third-order valence-electron chi connectivity index (χ3n) is 4.59. The number of fused-ring (bicyclic) bond motifs is 3. The molecule has 0 aliphatic carbocycles. The molecule has 2 heterocycles. The molecule has 3 rings (SSSR count). The molecule has 0 radical (unpaired) electrons. The fourth-order valence-corrected chi connectivity index (χ4v) is 3.15. The number of carbonyl (C=O) groups is 2. The number of aromatic nitrogens is 2. The average molecular weight is 397 g/mol. The first-order chi connectivity index (χ1) is 13.6. The number of pyridine rings is 1. The standard InChI is InChI=1S/C21H27N5O3/c1-11(2)25-17-14(20(28)23-8-7-21(3,4)29)10-24-16-13-6-5-12(19(22)27)9-15(13)26-18(16)17/h5-6,9-11,24-25,29H,7-8H2,1-4H3,(H2,22,27)(H,23,28).